The zero-order valence-electron chi connectivity index (χ0n) is 17.6. The van der Waals surface area contributed by atoms with E-state index >= 15 is 0 Å². The van der Waals surface area contributed by atoms with Crippen molar-refractivity contribution in [1.29, 1.82) is 0 Å². The Morgan fingerprint density at radius 3 is 2.28 bits per heavy atom. The van der Waals surface area contributed by atoms with Gasteiger partial charge in [0.25, 0.3) is 0 Å². The summed E-state index contributed by atoms with van der Waals surface area (Å²) in [4.78, 5) is 9.10. The van der Waals surface area contributed by atoms with Crippen molar-refractivity contribution in [3.8, 4) is 0 Å². The lowest BCUT2D eigenvalue weighted by atomic mass is 9.99. The van der Waals surface area contributed by atoms with Gasteiger partial charge >= 0.3 is 0 Å². The number of halogens is 2. The van der Waals surface area contributed by atoms with Crippen LogP contribution in [0.3, 0.4) is 0 Å². The average Bonchev–Trinajstić information content (AvgIpc) is 2.65. The highest BCUT2D eigenvalue weighted by atomic mass is 19.2. The molecule has 29 heavy (non-hydrogen) atoms. The molecular formula is C24H27F2N3. The van der Waals surface area contributed by atoms with Crippen LogP contribution < -0.4 is 5.32 Å². The number of nitrogens with one attached hydrogen (secondary N) is 1. The number of rotatable bonds is 6. The highest BCUT2D eigenvalue weighted by molar-refractivity contribution is 6.02. The molecule has 2 aromatic rings. The summed E-state index contributed by atoms with van der Waals surface area (Å²) in [6.45, 7) is 14.1. The van der Waals surface area contributed by atoms with Gasteiger partial charge in [0, 0.05) is 17.5 Å². The van der Waals surface area contributed by atoms with Crippen LogP contribution >= 0.6 is 0 Å². The van der Waals surface area contributed by atoms with Crippen LogP contribution in [0, 0.1) is 25.5 Å². The van der Waals surface area contributed by atoms with Crippen LogP contribution in [0.2, 0.25) is 0 Å². The molecule has 0 fully saturated rings. The molecule has 0 aromatic heterocycles. The van der Waals surface area contributed by atoms with Crippen molar-refractivity contribution in [3.05, 3.63) is 94.3 Å². The molecule has 1 N–H and O–H groups in total. The van der Waals surface area contributed by atoms with Crippen molar-refractivity contribution in [2.24, 2.45) is 9.98 Å². The molecule has 152 valence electrons. The Labute approximate surface area is 171 Å². The van der Waals surface area contributed by atoms with E-state index in [0.29, 0.717) is 17.1 Å². The van der Waals surface area contributed by atoms with Gasteiger partial charge in [0.05, 0.1) is 18.1 Å². The van der Waals surface area contributed by atoms with Crippen molar-refractivity contribution >= 4 is 11.5 Å². The van der Waals surface area contributed by atoms with Gasteiger partial charge in [-0.15, -0.1) is 0 Å². The van der Waals surface area contributed by atoms with Crippen LogP contribution in [0.15, 0.2) is 70.4 Å². The van der Waals surface area contributed by atoms with Crippen molar-refractivity contribution in [2.75, 3.05) is 0 Å². The summed E-state index contributed by atoms with van der Waals surface area (Å²) in [6.07, 6.45) is 1.75. The molecule has 0 unspecified atom stereocenters. The Hall–Kier alpha value is -3.08. The molecule has 0 saturated heterocycles. The van der Waals surface area contributed by atoms with Crippen LogP contribution in [0.25, 0.3) is 0 Å². The third-order valence-corrected chi connectivity index (χ3v) is 4.47. The van der Waals surface area contributed by atoms with Crippen LogP contribution in [0.4, 0.5) is 8.78 Å². The standard InChI is InChI=1S/C24H27F2N3/c1-15(2)23(29-18(5)24-16(3)8-7-9-17(24)4)14-28-19(6)27-13-20-10-11-21(25)22(26)12-20/h7-12,14H,1,13H2,2-6H3,(H,27,28)/b23-14+,29-18?. The first-order valence-electron chi connectivity index (χ1n) is 9.38. The van der Waals surface area contributed by atoms with E-state index < -0.39 is 11.6 Å². The van der Waals surface area contributed by atoms with Crippen molar-refractivity contribution in [1.82, 2.24) is 5.32 Å². The van der Waals surface area contributed by atoms with Gasteiger partial charge in [0.2, 0.25) is 0 Å². The van der Waals surface area contributed by atoms with E-state index in [1.54, 1.807) is 13.1 Å². The summed E-state index contributed by atoms with van der Waals surface area (Å²) in [7, 11) is 0. The van der Waals surface area contributed by atoms with E-state index in [2.05, 4.69) is 42.9 Å². The molecule has 0 radical (unpaired) electrons. The number of allylic oxidation sites excluding steroid dienone is 1. The number of aliphatic imine (C=N–C) groups is 2. The van der Waals surface area contributed by atoms with E-state index in [9.17, 15) is 8.78 Å². The topological polar surface area (TPSA) is 36.8 Å². The van der Waals surface area contributed by atoms with E-state index in [4.69, 9.17) is 4.99 Å². The van der Waals surface area contributed by atoms with Gasteiger partial charge < -0.3 is 5.32 Å². The van der Waals surface area contributed by atoms with Crippen LogP contribution in [0.1, 0.15) is 43.0 Å². The highest BCUT2D eigenvalue weighted by Gasteiger charge is 2.07. The minimum atomic E-state index is -0.871. The highest BCUT2D eigenvalue weighted by Crippen LogP contribution is 2.17. The van der Waals surface area contributed by atoms with Gasteiger partial charge in [-0.1, -0.05) is 30.8 Å². The zero-order valence-corrected chi connectivity index (χ0v) is 17.6. The number of aryl methyl sites for hydroxylation is 2. The summed E-state index contributed by atoms with van der Waals surface area (Å²) in [5, 5.41) is 3.10. The number of hydrogen-bond acceptors (Lipinski definition) is 2. The molecule has 0 saturated carbocycles. The molecule has 0 heterocycles. The van der Waals surface area contributed by atoms with E-state index in [1.807, 2.05) is 19.9 Å². The minimum absolute atomic E-state index is 0.247. The molecule has 0 atom stereocenters. The van der Waals surface area contributed by atoms with E-state index in [-0.39, 0.29) is 6.54 Å². The maximum atomic E-state index is 13.3. The Balaban J connectivity index is 2.17. The molecule has 0 amide bonds. The molecule has 0 aliphatic carbocycles. The third kappa shape index (κ3) is 6.21. The fourth-order valence-electron chi connectivity index (χ4n) is 2.94. The van der Waals surface area contributed by atoms with Crippen molar-refractivity contribution in [3.63, 3.8) is 0 Å². The normalized spacial score (nSPS) is 12.9. The lowest BCUT2D eigenvalue weighted by molar-refractivity contribution is 0.507. The van der Waals surface area contributed by atoms with Gasteiger partial charge in [-0.2, -0.15) is 0 Å². The summed E-state index contributed by atoms with van der Waals surface area (Å²) in [5.74, 6) is -1.10. The zero-order chi connectivity index (χ0) is 21.6. The van der Waals surface area contributed by atoms with E-state index in [0.717, 1.165) is 29.0 Å². The number of amidine groups is 1. The largest absolute Gasteiger partial charge is 0.349 e. The number of benzene rings is 2. The molecule has 0 bridgehead atoms. The Morgan fingerprint density at radius 1 is 1.03 bits per heavy atom. The van der Waals surface area contributed by atoms with Gasteiger partial charge in [-0.25, -0.2) is 8.78 Å². The fraction of sp³-hybridized carbons (Fsp3) is 0.250. The maximum absolute atomic E-state index is 13.3. The maximum Gasteiger partial charge on any atom is 0.159 e. The molecular weight excluding hydrogens is 368 g/mol. The molecule has 0 spiro atoms. The van der Waals surface area contributed by atoms with Gasteiger partial charge in [-0.05, 0) is 69.0 Å². The van der Waals surface area contributed by atoms with Crippen molar-refractivity contribution in [2.45, 2.75) is 41.2 Å². The molecule has 0 aliphatic heterocycles. The fourth-order valence-corrected chi connectivity index (χ4v) is 2.94. The lowest BCUT2D eigenvalue weighted by Gasteiger charge is -2.11. The summed E-state index contributed by atoms with van der Waals surface area (Å²) in [5.41, 5.74) is 6.51. The second-order valence-electron chi connectivity index (χ2n) is 7.07. The lowest BCUT2D eigenvalue weighted by Crippen LogP contribution is -2.14. The summed E-state index contributed by atoms with van der Waals surface area (Å²) >= 11 is 0. The predicted octanol–water partition coefficient (Wildman–Crippen LogP) is 6.02. The SMILES string of the molecule is C=C(C)/C(=C\NC(C)=NCc1ccc(F)c(F)c1)N=C(C)c1c(C)cccc1C. The average molecular weight is 395 g/mol. The number of hydrogen-bond donors (Lipinski definition) is 1. The number of nitrogens with zero attached hydrogens (tertiary/aromatic N) is 2. The minimum Gasteiger partial charge on any atom is -0.349 e. The van der Waals surface area contributed by atoms with Gasteiger partial charge in [-0.3, -0.25) is 9.98 Å². The van der Waals surface area contributed by atoms with Crippen LogP contribution in [-0.4, -0.2) is 11.5 Å². The molecule has 2 rings (SSSR count). The van der Waals surface area contributed by atoms with Crippen LogP contribution in [-0.2, 0) is 6.54 Å². The first-order chi connectivity index (χ1) is 13.7. The second kappa shape index (κ2) is 9.92. The Morgan fingerprint density at radius 2 is 1.69 bits per heavy atom. The van der Waals surface area contributed by atoms with E-state index in [1.165, 1.54) is 17.2 Å². The molecule has 0 aliphatic rings. The first kappa shape index (κ1) is 22.2. The second-order valence-corrected chi connectivity index (χ2v) is 7.07. The Kier molecular flexibility index (Phi) is 7.59. The van der Waals surface area contributed by atoms with Gasteiger partial charge in [0.1, 0.15) is 0 Å². The molecule has 5 heteroatoms. The molecule has 2 aromatic carbocycles. The van der Waals surface area contributed by atoms with Gasteiger partial charge in [0.15, 0.2) is 11.6 Å². The first-order valence-corrected chi connectivity index (χ1v) is 9.38. The van der Waals surface area contributed by atoms with Crippen LogP contribution in [0.5, 0.6) is 0 Å². The summed E-state index contributed by atoms with van der Waals surface area (Å²) in [6, 6.07) is 9.94. The monoisotopic (exact) mass is 395 g/mol. The molecule has 3 nitrogen and oxygen atoms in total. The summed E-state index contributed by atoms with van der Waals surface area (Å²) < 4.78 is 26.3. The third-order valence-electron chi connectivity index (χ3n) is 4.47. The smallest absolute Gasteiger partial charge is 0.159 e. The van der Waals surface area contributed by atoms with Crippen molar-refractivity contribution < 1.29 is 8.78 Å². The Bertz CT molecular complexity index is 981. The quantitative estimate of drug-likeness (QED) is 0.363. The predicted molar refractivity (Wildman–Crippen MR) is 117 cm³/mol.